The maximum absolute atomic E-state index is 13.7. The molecule has 1 aliphatic carbocycles. The van der Waals surface area contributed by atoms with Crippen LogP contribution in [-0.2, 0) is 9.59 Å². The number of carbonyl (C=O) groups excluding carboxylic acids is 1. The van der Waals surface area contributed by atoms with E-state index in [1.165, 1.54) is 109 Å². The van der Waals surface area contributed by atoms with Crippen molar-refractivity contribution in [2.45, 2.75) is 231 Å². The van der Waals surface area contributed by atoms with E-state index in [-0.39, 0.29) is 6.42 Å². The van der Waals surface area contributed by atoms with Gasteiger partial charge in [-0.2, -0.15) is 0 Å². The van der Waals surface area contributed by atoms with Gasteiger partial charge in [-0.1, -0.05) is 194 Å². The van der Waals surface area contributed by atoms with Gasteiger partial charge in [0.1, 0.15) is 0 Å². The summed E-state index contributed by atoms with van der Waals surface area (Å²) in [4.78, 5) is 25.5. The Kier molecular flexibility index (Phi) is 24.2. The summed E-state index contributed by atoms with van der Waals surface area (Å²) >= 11 is 0. The number of Topliss-reactive ketones (excluding diaryl/α,β-unsaturated/α-hetero) is 1. The Balaban J connectivity index is 2.52. The second-order valence-electron chi connectivity index (χ2n) is 15.1. The van der Waals surface area contributed by atoms with Crippen LogP contribution in [0.15, 0.2) is 0 Å². The average Bonchev–Trinajstić information content (AvgIpc) is 3.54. The highest BCUT2D eigenvalue weighted by Gasteiger charge is 2.60. The molecule has 0 saturated heterocycles. The topological polar surface area (TPSA) is 135 Å². The Hall–Kier alpha value is -1.02. The summed E-state index contributed by atoms with van der Waals surface area (Å²) in [6.07, 6.45) is 33.0. The van der Waals surface area contributed by atoms with Crippen molar-refractivity contribution in [2.75, 3.05) is 0 Å². The number of carbonyl (C=O) groups is 2. The Labute approximate surface area is 288 Å². The van der Waals surface area contributed by atoms with Crippen LogP contribution in [0, 0.1) is 11.3 Å². The first kappa shape index (κ1) is 44.0. The molecule has 0 heterocycles. The van der Waals surface area contributed by atoms with E-state index < -0.39 is 34.7 Å². The number of hydrogen-bond acceptors (Lipinski definition) is 6. The minimum Gasteiger partial charge on any atom is -0.477 e. The molecule has 1 unspecified atom stereocenters. The molecule has 1 aliphatic rings. The highest BCUT2D eigenvalue weighted by molar-refractivity contribution is 5.93. The van der Waals surface area contributed by atoms with Crippen LogP contribution < -0.4 is 0 Å². The number of unbranched alkanes of at least 4 members (excludes halogenated alkanes) is 24. The normalized spacial score (nSPS) is 15.7. The zero-order valence-electron chi connectivity index (χ0n) is 30.8. The summed E-state index contributed by atoms with van der Waals surface area (Å²) < 4.78 is 0. The van der Waals surface area contributed by atoms with Crippen molar-refractivity contribution >= 4 is 11.8 Å². The third kappa shape index (κ3) is 17.0. The van der Waals surface area contributed by atoms with E-state index in [1.807, 2.05) is 0 Å². The van der Waals surface area contributed by atoms with E-state index in [9.17, 15) is 35.1 Å². The third-order valence-corrected chi connectivity index (χ3v) is 11.1. The van der Waals surface area contributed by atoms with Gasteiger partial charge in [-0.15, -0.1) is 0 Å². The smallest absolute Gasteiger partial charge is 0.364 e. The number of carboxylic acids is 1. The van der Waals surface area contributed by atoms with E-state index in [4.69, 9.17) is 0 Å². The molecule has 1 fully saturated rings. The first-order valence-corrected chi connectivity index (χ1v) is 20.2. The maximum atomic E-state index is 13.7. The zero-order chi connectivity index (χ0) is 34.9. The van der Waals surface area contributed by atoms with Crippen LogP contribution in [0.5, 0.6) is 0 Å². The number of rotatable bonds is 33. The van der Waals surface area contributed by atoms with Crippen molar-refractivity contribution in [2.24, 2.45) is 11.3 Å². The summed E-state index contributed by atoms with van der Waals surface area (Å²) in [6, 6.07) is 0. The number of aliphatic hydroxyl groups is 4. The molecule has 0 aromatic carbocycles. The van der Waals surface area contributed by atoms with Gasteiger partial charge in [0, 0.05) is 5.41 Å². The molecule has 7 nitrogen and oxygen atoms in total. The summed E-state index contributed by atoms with van der Waals surface area (Å²) in [5.74, 6) is -11.0. The number of aliphatic carboxylic acids is 1. The van der Waals surface area contributed by atoms with Gasteiger partial charge in [-0.05, 0) is 25.7 Å². The lowest BCUT2D eigenvalue weighted by Crippen LogP contribution is -2.61. The fourth-order valence-corrected chi connectivity index (χ4v) is 7.84. The van der Waals surface area contributed by atoms with Crippen LogP contribution in [0.4, 0.5) is 0 Å². The molecule has 5 N–H and O–H groups in total. The summed E-state index contributed by atoms with van der Waals surface area (Å²) in [7, 11) is 0. The third-order valence-electron chi connectivity index (χ3n) is 11.1. The molecule has 0 aromatic rings. The van der Waals surface area contributed by atoms with Crippen molar-refractivity contribution in [1.82, 2.24) is 0 Å². The molecule has 0 spiro atoms. The highest BCUT2D eigenvalue weighted by atomic mass is 16.5. The fraction of sp³-hybridized carbons (Fsp3) is 0.950. The molecule has 7 heteroatoms. The molecule has 1 saturated carbocycles. The van der Waals surface area contributed by atoms with Crippen molar-refractivity contribution in [1.29, 1.82) is 0 Å². The lowest BCUT2D eigenvalue weighted by Gasteiger charge is -2.43. The van der Waals surface area contributed by atoms with Crippen molar-refractivity contribution in [3.63, 3.8) is 0 Å². The lowest BCUT2D eigenvalue weighted by molar-refractivity contribution is -0.257. The van der Waals surface area contributed by atoms with Gasteiger partial charge >= 0.3 is 5.97 Å². The molecule has 0 bridgehead atoms. The van der Waals surface area contributed by atoms with Gasteiger partial charge in [0.05, 0.1) is 5.92 Å². The predicted molar refractivity (Wildman–Crippen MR) is 192 cm³/mol. The molecule has 0 radical (unpaired) electrons. The van der Waals surface area contributed by atoms with Gasteiger partial charge in [0.15, 0.2) is 0 Å². The maximum Gasteiger partial charge on any atom is 0.364 e. The molecular formula is C40H76O7. The van der Waals surface area contributed by atoms with Crippen LogP contribution in [0.1, 0.15) is 219 Å². The molecule has 0 aliphatic heterocycles. The Bertz CT molecular complexity index is 787. The lowest BCUT2D eigenvalue weighted by atomic mass is 9.68. The SMILES string of the molecule is CCCCCCCCCCCCCCCC(C(=O)C(O)(O)C1(CCCCCCCCCCCCCCC)CCCC1)C(O)(O)C(=O)O. The van der Waals surface area contributed by atoms with Gasteiger partial charge < -0.3 is 25.5 Å². The second-order valence-corrected chi connectivity index (χ2v) is 15.1. The van der Waals surface area contributed by atoms with E-state index in [2.05, 4.69) is 13.8 Å². The van der Waals surface area contributed by atoms with E-state index in [1.54, 1.807) is 0 Å². The molecular weight excluding hydrogens is 592 g/mol. The monoisotopic (exact) mass is 669 g/mol. The van der Waals surface area contributed by atoms with Crippen molar-refractivity contribution in [3.05, 3.63) is 0 Å². The van der Waals surface area contributed by atoms with E-state index in [0.29, 0.717) is 25.7 Å². The first-order chi connectivity index (χ1) is 22.6. The number of carboxylic acid groups (broad SMARTS) is 1. The Morgan fingerprint density at radius 1 is 0.532 bits per heavy atom. The standard InChI is InChI=1S/C40H76O7/c1-3-5-7-9-11-13-15-17-19-21-23-25-27-31-35(39(44,45)37(42)43)36(41)40(46,47)38(33-29-30-34-38)32-28-26-24-22-20-18-16-14-12-10-8-6-4-2/h35,44-47H,3-34H2,1-2H3,(H,42,43). The Morgan fingerprint density at radius 2 is 0.851 bits per heavy atom. The number of ketones is 1. The molecule has 0 amide bonds. The molecule has 1 atom stereocenters. The van der Waals surface area contributed by atoms with E-state index in [0.717, 1.165) is 64.2 Å². The van der Waals surface area contributed by atoms with Gasteiger partial charge in [-0.3, -0.25) is 4.79 Å². The van der Waals surface area contributed by atoms with Crippen LogP contribution in [0.25, 0.3) is 0 Å². The predicted octanol–water partition coefficient (Wildman–Crippen LogP) is 10.1. The van der Waals surface area contributed by atoms with Crippen LogP contribution in [-0.4, -0.2) is 48.9 Å². The summed E-state index contributed by atoms with van der Waals surface area (Å²) in [5, 5.41) is 53.5. The van der Waals surface area contributed by atoms with Gasteiger partial charge in [0.2, 0.25) is 11.6 Å². The summed E-state index contributed by atoms with van der Waals surface area (Å²) in [5.41, 5.74) is -1.08. The van der Waals surface area contributed by atoms with Crippen molar-refractivity contribution < 1.29 is 35.1 Å². The highest BCUT2D eigenvalue weighted by Crippen LogP contribution is 2.51. The molecule has 0 aromatic heterocycles. The number of hydrogen-bond donors (Lipinski definition) is 5. The molecule has 47 heavy (non-hydrogen) atoms. The van der Waals surface area contributed by atoms with Gasteiger partial charge in [0.25, 0.3) is 5.79 Å². The second kappa shape index (κ2) is 25.9. The largest absolute Gasteiger partial charge is 0.477 e. The minimum atomic E-state index is -3.35. The first-order valence-electron chi connectivity index (χ1n) is 20.2. The quantitative estimate of drug-likeness (QED) is 0.0347. The van der Waals surface area contributed by atoms with Crippen LogP contribution >= 0.6 is 0 Å². The van der Waals surface area contributed by atoms with Crippen LogP contribution in [0.3, 0.4) is 0 Å². The molecule has 278 valence electrons. The minimum absolute atomic E-state index is 0.104. The Morgan fingerprint density at radius 3 is 1.19 bits per heavy atom. The fourth-order valence-electron chi connectivity index (χ4n) is 7.84. The molecule has 1 rings (SSSR count). The average molecular weight is 669 g/mol. The van der Waals surface area contributed by atoms with E-state index >= 15 is 0 Å². The summed E-state index contributed by atoms with van der Waals surface area (Å²) in [6.45, 7) is 4.47. The van der Waals surface area contributed by atoms with Crippen molar-refractivity contribution in [3.8, 4) is 0 Å². The zero-order valence-corrected chi connectivity index (χ0v) is 30.8. The van der Waals surface area contributed by atoms with Gasteiger partial charge in [-0.25, -0.2) is 4.79 Å². The van der Waals surface area contributed by atoms with Crippen LogP contribution in [0.2, 0.25) is 0 Å².